The van der Waals surface area contributed by atoms with Crippen LogP contribution in [0.2, 0.25) is 0 Å². The fourth-order valence-corrected chi connectivity index (χ4v) is 2.24. The molecule has 0 heterocycles. The molecular formula is C21H20Br2Zr-2. The number of fused-ring (bicyclic) bond motifs is 3. The van der Waals surface area contributed by atoms with E-state index in [2.05, 4.69) is 80.6 Å². The van der Waals surface area contributed by atoms with Gasteiger partial charge in [0, 0.05) is 0 Å². The Bertz CT molecular complexity index is 748. The van der Waals surface area contributed by atoms with Crippen molar-refractivity contribution in [1.29, 1.82) is 0 Å². The zero-order chi connectivity index (χ0) is 15.8. The quantitative estimate of drug-likeness (QED) is 0.358. The van der Waals surface area contributed by atoms with Gasteiger partial charge >= 0.3 is 41.3 Å². The standard InChI is InChI=1S/C13H9.C5H5.C3H6.2BrH.Zr/c1-3-7-12-10(5-1)9-11-6-2-4-8-13(11)12;1-2-4-5-3-1;1-3-2;;;/h1-9H;1-3H,4H2;1-2H3;2*1H;/q2*-1;;;;+2/p-2. The van der Waals surface area contributed by atoms with Gasteiger partial charge in [0.05, 0.1) is 0 Å². The molecule has 0 fully saturated rings. The van der Waals surface area contributed by atoms with Crippen molar-refractivity contribution >= 4 is 24.8 Å². The third kappa shape index (κ3) is 7.59. The SMILES string of the molecule is C[C](C)=[Zr+2].[Br-].[Br-].[C-]1=CC=CC1.c1ccc2c(c1)[cH-]c1ccccc12. The summed E-state index contributed by atoms with van der Waals surface area (Å²) in [6, 6.07) is 19.3. The van der Waals surface area contributed by atoms with Crippen molar-refractivity contribution in [1.82, 2.24) is 0 Å². The van der Waals surface area contributed by atoms with Crippen LogP contribution in [-0.4, -0.2) is 3.21 Å². The normalized spacial score (nSPS) is 10.8. The number of hydrogen-bond donors (Lipinski definition) is 0. The maximum Gasteiger partial charge on any atom is -0.0771 e. The minimum Gasteiger partial charge on any atom is -1.00 e. The Balaban J connectivity index is 0.000000409. The summed E-state index contributed by atoms with van der Waals surface area (Å²) in [7, 11) is 0. The van der Waals surface area contributed by atoms with Crippen LogP contribution in [0.25, 0.3) is 21.5 Å². The molecule has 0 nitrogen and oxygen atoms in total. The predicted molar refractivity (Wildman–Crippen MR) is 95.0 cm³/mol. The van der Waals surface area contributed by atoms with Gasteiger partial charge in [0.25, 0.3) is 0 Å². The first-order chi connectivity index (χ1) is 10.7. The minimum atomic E-state index is 0. The molecule has 0 saturated heterocycles. The molecule has 24 heavy (non-hydrogen) atoms. The van der Waals surface area contributed by atoms with E-state index >= 15 is 0 Å². The average molecular weight is 523 g/mol. The molecule has 4 rings (SSSR count). The molecule has 1 aliphatic rings. The molecule has 0 saturated carbocycles. The van der Waals surface area contributed by atoms with E-state index in [4.69, 9.17) is 0 Å². The summed E-state index contributed by atoms with van der Waals surface area (Å²) in [4.78, 5) is 0. The van der Waals surface area contributed by atoms with Gasteiger partial charge < -0.3 is 34.0 Å². The topological polar surface area (TPSA) is 0 Å². The Morgan fingerprint density at radius 2 is 1.38 bits per heavy atom. The Labute approximate surface area is 180 Å². The number of hydrogen-bond acceptors (Lipinski definition) is 0. The molecule has 3 aromatic carbocycles. The van der Waals surface area contributed by atoms with Crippen molar-refractivity contribution in [3.63, 3.8) is 0 Å². The van der Waals surface area contributed by atoms with Gasteiger partial charge in [0.2, 0.25) is 0 Å². The van der Waals surface area contributed by atoms with E-state index < -0.39 is 0 Å². The first-order valence-electron chi connectivity index (χ1n) is 7.45. The van der Waals surface area contributed by atoms with Crippen LogP contribution in [0.4, 0.5) is 0 Å². The third-order valence-corrected chi connectivity index (χ3v) is 3.11. The van der Waals surface area contributed by atoms with Crippen molar-refractivity contribution < 1.29 is 58.2 Å². The van der Waals surface area contributed by atoms with Crippen molar-refractivity contribution in [2.75, 3.05) is 0 Å². The summed E-state index contributed by atoms with van der Waals surface area (Å²) in [5.41, 5.74) is 0. The fraction of sp³-hybridized carbons (Fsp3) is 0.143. The zero-order valence-corrected chi connectivity index (χ0v) is 19.5. The smallest absolute Gasteiger partial charge is 0.0771 e. The van der Waals surface area contributed by atoms with E-state index in [1.54, 1.807) is 24.2 Å². The van der Waals surface area contributed by atoms with Crippen LogP contribution in [0.1, 0.15) is 20.3 Å². The van der Waals surface area contributed by atoms with Gasteiger partial charge in [-0.1, -0.05) is 36.4 Å². The Kier molecular flexibility index (Phi) is 12.5. The number of halogens is 2. The summed E-state index contributed by atoms with van der Waals surface area (Å²) >= 11 is 1.55. The second-order valence-electron chi connectivity index (χ2n) is 5.32. The van der Waals surface area contributed by atoms with E-state index in [1.165, 1.54) is 24.8 Å². The van der Waals surface area contributed by atoms with Crippen LogP contribution in [0.3, 0.4) is 0 Å². The summed E-state index contributed by atoms with van der Waals surface area (Å²) in [5, 5.41) is 5.39. The Morgan fingerprint density at radius 3 is 1.71 bits per heavy atom. The van der Waals surface area contributed by atoms with E-state index in [9.17, 15) is 0 Å². The van der Waals surface area contributed by atoms with Crippen molar-refractivity contribution in [3.8, 4) is 0 Å². The molecule has 1 aliphatic carbocycles. The molecule has 0 bridgehead atoms. The monoisotopic (exact) mass is 520 g/mol. The average Bonchev–Trinajstić information content (AvgIpc) is 3.18. The third-order valence-electron chi connectivity index (χ3n) is 3.11. The largest absolute Gasteiger partial charge is 1.00 e. The molecule has 0 radical (unpaired) electrons. The molecule has 0 atom stereocenters. The van der Waals surface area contributed by atoms with Crippen LogP contribution in [0, 0.1) is 6.08 Å². The van der Waals surface area contributed by atoms with Crippen molar-refractivity contribution in [2.45, 2.75) is 20.3 Å². The van der Waals surface area contributed by atoms with Crippen LogP contribution in [0.15, 0.2) is 72.8 Å². The molecule has 124 valence electrons. The summed E-state index contributed by atoms with van der Waals surface area (Å²) in [5.74, 6) is 0. The van der Waals surface area contributed by atoms with Crippen LogP contribution in [-0.2, 0) is 24.2 Å². The van der Waals surface area contributed by atoms with Crippen LogP contribution < -0.4 is 34.0 Å². The summed E-state index contributed by atoms with van der Waals surface area (Å²) in [6.45, 7) is 4.25. The molecule has 3 aromatic rings. The van der Waals surface area contributed by atoms with Gasteiger partial charge in [-0.05, 0) is 0 Å². The Morgan fingerprint density at radius 1 is 0.917 bits per heavy atom. The molecule has 0 unspecified atom stereocenters. The zero-order valence-electron chi connectivity index (χ0n) is 13.9. The van der Waals surface area contributed by atoms with Crippen LogP contribution in [0.5, 0.6) is 0 Å². The van der Waals surface area contributed by atoms with Gasteiger partial charge in [0.15, 0.2) is 0 Å². The van der Waals surface area contributed by atoms with E-state index in [1.807, 2.05) is 12.2 Å². The maximum atomic E-state index is 2.99. The second kappa shape index (κ2) is 12.8. The maximum absolute atomic E-state index is 2.99. The van der Waals surface area contributed by atoms with Crippen LogP contribution >= 0.6 is 0 Å². The molecule has 0 aliphatic heterocycles. The van der Waals surface area contributed by atoms with Gasteiger partial charge in [-0.2, -0.15) is 6.08 Å². The first kappa shape index (κ1) is 23.5. The van der Waals surface area contributed by atoms with Gasteiger partial charge in [-0.3, -0.25) is 6.08 Å². The number of allylic oxidation sites excluding steroid dienone is 4. The van der Waals surface area contributed by atoms with Gasteiger partial charge in [0.1, 0.15) is 0 Å². The Hall–Kier alpha value is -0.497. The molecule has 0 N–H and O–H groups in total. The summed E-state index contributed by atoms with van der Waals surface area (Å²) < 4.78 is 1.51. The number of benzene rings is 2. The van der Waals surface area contributed by atoms with Crippen molar-refractivity contribution in [3.05, 3.63) is 78.9 Å². The molecule has 0 spiro atoms. The van der Waals surface area contributed by atoms with E-state index in [0.717, 1.165) is 6.42 Å². The van der Waals surface area contributed by atoms with Crippen molar-refractivity contribution in [2.24, 2.45) is 0 Å². The van der Waals surface area contributed by atoms with Gasteiger partial charge in [-0.15, -0.1) is 46.2 Å². The molecule has 3 heteroatoms. The van der Waals surface area contributed by atoms with E-state index in [0.29, 0.717) is 0 Å². The van der Waals surface area contributed by atoms with Gasteiger partial charge in [-0.25, -0.2) is 12.2 Å². The molecule has 0 aromatic heterocycles. The molecule has 0 amide bonds. The number of rotatable bonds is 0. The fourth-order valence-electron chi connectivity index (χ4n) is 2.24. The summed E-state index contributed by atoms with van der Waals surface area (Å²) in [6.07, 6.45) is 10.0. The second-order valence-corrected chi connectivity index (χ2v) is 7.78. The van der Waals surface area contributed by atoms with E-state index in [-0.39, 0.29) is 34.0 Å². The predicted octanol–water partition coefficient (Wildman–Crippen LogP) is -0.229. The first-order valence-corrected chi connectivity index (χ1v) is 8.68. The minimum absolute atomic E-state index is 0. The molecular weight excluding hydrogens is 503 g/mol.